The van der Waals surface area contributed by atoms with Gasteiger partial charge < -0.3 is 15.0 Å². The summed E-state index contributed by atoms with van der Waals surface area (Å²) >= 11 is 0. The fourth-order valence-electron chi connectivity index (χ4n) is 2.81. The predicted molar refractivity (Wildman–Crippen MR) is 89.5 cm³/mol. The molecule has 0 aliphatic rings. The van der Waals surface area contributed by atoms with Crippen molar-refractivity contribution in [2.24, 2.45) is 5.92 Å². The normalized spacial score (nSPS) is 13.5. The maximum atomic E-state index is 11.9. The molecular formula is C17H36N2O2. The Balaban J connectivity index is 4.69. The lowest BCUT2D eigenvalue weighted by atomic mass is 10.1. The lowest BCUT2D eigenvalue weighted by molar-refractivity contribution is -0.143. The van der Waals surface area contributed by atoms with Crippen molar-refractivity contribution in [3.8, 4) is 0 Å². The number of nitrogens with one attached hydrogen (secondary N) is 1. The van der Waals surface area contributed by atoms with Gasteiger partial charge in [-0.2, -0.15) is 0 Å². The first-order valence-electron chi connectivity index (χ1n) is 8.43. The van der Waals surface area contributed by atoms with Crippen molar-refractivity contribution in [1.82, 2.24) is 10.2 Å². The van der Waals surface area contributed by atoms with Gasteiger partial charge >= 0.3 is 5.97 Å². The number of hydrogen-bond acceptors (Lipinski definition) is 4. The van der Waals surface area contributed by atoms with Crippen LogP contribution in [0.4, 0.5) is 0 Å². The van der Waals surface area contributed by atoms with Crippen molar-refractivity contribution < 1.29 is 9.53 Å². The van der Waals surface area contributed by atoms with Gasteiger partial charge in [0.2, 0.25) is 0 Å². The topological polar surface area (TPSA) is 41.6 Å². The van der Waals surface area contributed by atoms with E-state index >= 15 is 0 Å². The zero-order chi connectivity index (χ0) is 16.4. The maximum absolute atomic E-state index is 11.9. The molecule has 4 heteroatoms. The molecule has 1 N–H and O–H groups in total. The van der Waals surface area contributed by atoms with E-state index in [2.05, 4.69) is 51.8 Å². The molecule has 0 aromatic rings. The maximum Gasteiger partial charge on any atom is 0.322 e. The fraction of sp³-hybridized carbons (Fsp3) is 0.941. The second kappa shape index (κ2) is 11.0. The van der Waals surface area contributed by atoms with E-state index in [0.717, 1.165) is 32.4 Å². The van der Waals surface area contributed by atoms with E-state index in [1.807, 2.05) is 0 Å². The molecule has 0 rings (SSSR count). The van der Waals surface area contributed by atoms with Crippen LogP contribution < -0.4 is 5.32 Å². The molecule has 0 aliphatic heterocycles. The first-order chi connectivity index (χ1) is 9.85. The number of esters is 1. The average Bonchev–Trinajstić information content (AvgIpc) is 2.42. The zero-order valence-electron chi connectivity index (χ0n) is 15.1. The number of hydrogen-bond donors (Lipinski definition) is 1. The first-order valence-corrected chi connectivity index (χ1v) is 8.43. The molecule has 0 aliphatic carbocycles. The van der Waals surface area contributed by atoms with E-state index in [-0.39, 0.29) is 18.1 Å². The van der Waals surface area contributed by atoms with Crippen LogP contribution in [0.25, 0.3) is 0 Å². The quantitative estimate of drug-likeness (QED) is 0.595. The van der Waals surface area contributed by atoms with Gasteiger partial charge in [-0.25, -0.2) is 0 Å². The van der Waals surface area contributed by atoms with Crippen LogP contribution >= 0.6 is 0 Å². The number of carbonyl (C=O) groups is 1. The molecular weight excluding hydrogens is 264 g/mol. The zero-order valence-corrected chi connectivity index (χ0v) is 15.1. The van der Waals surface area contributed by atoms with E-state index in [1.165, 1.54) is 7.11 Å². The summed E-state index contributed by atoms with van der Waals surface area (Å²) in [6.07, 6.45) is 3.11. The standard InChI is InChI=1S/C17H36N2O2/c1-8-15(9-2)19(12-13(3)4)11-10-16(17(20)21-7)18-14(5)6/h13-16,18H,8-12H2,1-7H3. The van der Waals surface area contributed by atoms with Crippen LogP contribution in [0, 0.1) is 5.92 Å². The summed E-state index contributed by atoms with van der Waals surface area (Å²) in [4.78, 5) is 14.4. The highest BCUT2D eigenvalue weighted by Crippen LogP contribution is 2.13. The number of carbonyl (C=O) groups excluding carboxylic acids is 1. The van der Waals surface area contributed by atoms with Gasteiger partial charge in [0.05, 0.1) is 7.11 Å². The molecule has 1 atom stereocenters. The van der Waals surface area contributed by atoms with Crippen molar-refractivity contribution in [2.75, 3.05) is 20.2 Å². The van der Waals surface area contributed by atoms with Gasteiger partial charge in [0.15, 0.2) is 0 Å². The van der Waals surface area contributed by atoms with E-state index in [0.29, 0.717) is 12.0 Å². The monoisotopic (exact) mass is 300 g/mol. The molecule has 126 valence electrons. The van der Waals surface area contributed by atoms with Gasteiger partial charge in [-0.05, 0) is 25.2 Å². The Bertz CT molecular complexity index is 276. The van der Waals surface area contributed by atoms with E-state index in [9.17, 15) is 4.79 Å². The van der Waals surface area contributed by atoms with Crippen LogP contribution in [0.1, 0.15) is 60.8 Å². The number of rotatable bonds is 11. The predicted octanol–water partition coefficient (Wildman–Crippen LogP) is 3.06. The minimum absolute atomic E-state index is 0.155. The number of ether oxygens (including phenoxy) is 1. The Morgan fingerprint density at radius 2 is 1.71 bits per heavy atom. The van der Waals surface area contributed by atoms with E-state index in [1.54, 1.807) is 0 Å². The molecule has 0 saturated carbocycles. The van der Waals surface area contributed by atoms with Crippen LogP contribution in [0.15, 0.2) is 0 Å². The highest BCUT2D eigenvalue weighted by molar-refractivity contribution is 5.75. The van der Waals surface area contributed by atoms with Gasteiger partial charge in [-0.3, -0.25) is 4.79 Å². The molecule has 0 heterocycles. The molecule has 0 bridgehead atoms. The average molecular weight is 300 g/mol. The molecule has 21 heavy (non-hydrogen) atoms. The number of nitrogens with zero attached hydrogens (tertiary/aromatic N) is 1. The van der Waals surface area contributed by atoms with Crippen LogP contribution in [-0.2, 0) is 9.53 Å². The summed E-state index contributed by atoms with van der Waals surface area (Å²) in [5, 5.41) is 3.31. The Morgan fingerprint density at radius 3 is 2.10 bits per heavy atom. The summed E-state index contributed by atoms with van der Waals surface area (Å²) in [5.41, 5.74) is 0. The van der Waals surface area contributed by atoms with Crippen LogP contribution in [-0.4, -0.2) is 49.2 Å². The lowest BCUT2D eigenvalue weighted by Crippen LogP contribution is -2.46. The summed E-state index contributed by atoms with van der Waals surface area (Å²) in [6, 6.07) is 0.671. The Morgan fingerprint density at radius 1 is 1.14 bits per heavy atom. The van der Waals surface area contributed by atoms with Crippen LogP contribution in [0.2, 0.25) is 0 Å². The van der Waals surface area contributed by atoms with Gasteiger partial charge in [0, 0.05) is 25.2 Å². The highest BCUT2D eigenvalue weighted by atomic mass is 16.5. The second-order valence-corrected chi connectivity index (χ2v) is 6.54. The van der Waals surface area contributed by atoms with Crippen molar-refractivity contribution in [3.05, 3.63) is 0 Å². The summed E-state index contributed by atoms with van der Waals surface area (Å²) in [6.45, 7) is 15.1. The summed E-state index contributed by atoms with van der Waals surface area (Å²) in [7, 11) is 1.46. The molecule has 0 radical (unpaired) electrons. The van der Waals surface area contributed by atoms with E-state index < -0.39 is 0 Å². The molecule has 0 fully saturated rings. The van der Waals surface area contributed by atoms with Gasteiger partial charge in [-0.15, -0.1) is 0 Å². The molecule has 0 aromatic carbocycles. The van der Waals surface area contributed by atoms with Gasteiger partial charge in [-0.1, -0.05) is 41.5 Å². The highest BCUT2D eigenvalue weighted by Gasteiger charge is 2.23. The Labute approximate surface area is 131 Å². The Kier molecular flexibility index (Phi) is 10.7. The van der Waals surface area contributed by atoms with E-state index in [4.69, 9.17) is 4.74 Å². The van der Waals surface area contributed by atoms with Crippen molar-refractivity contribution in [1.29, 1.82) is 0 Å². The molecule has 0 saturated heterocycles. The third kappa shape index (κ3) is 8.42. The Hall–Kier alpha value is -0.610. The third-order valence-corrected chi connectivity index (χ3v) is 3.78. The number of methoxy groups -OCH3 is 1. The minimum Gasteiger partial charge on any atom is -0.468 e. The first kappa shape index (κ1) is 20.4. The molecule has 4 nitrogen and oxygen atoms in total. The largest absolute Gasteiger partial charge is 0.468 e. The van der Waals surface area contributed by atoms with Gasteiger partial charge in [0.1, 0.15) is 6.04 Å². The molecule has 0 spiro atoms. The molecule has 0 amide bonds. The van der Waals surface area contributed by atoms with Crippen molar-refractivity contribution in [2.45, 2.75) is 78.9 Å². The molecule has 1 unspecified atom stereocenters. The fourth-order valence-corrected chi connectivity index (χ4v) is 2.81. The van der Waals surface area contributed by atoms with Crippen molar-refractivity contribution in [3.63, 3.8) is 0 Å². The smallest absolute Gasteiger partial charge is 0.322 e. The minimum atomic E-state index is -0.209. The third-order valence-electron chi connectivity index (χ3n) is 3.78. The molecule has 0 aromatic heterocycles. The van der Waals surface area contributed by atoms with Crippen LogP contribution in [0.3, 0.4) is 0 Å². The lowest BCUT2D eigenvalue weighted by Gasteiger charge is -2.33. The van der Waals surface area contributed by atoms with Crippen molar-refractivity contribution >= 4 is 5.97 Å². The van der Waals surface area contributed by atoms with Crippen LogP contribution in [0.5, 0.6) is 0 Å². The second-order valence-electron chi connectivity index (χ2n) is 6.54. The van der Waals surface area contributed by atoms with Gasteiger partial charge in [0.25, 0.3) is 0 Å². The summed E-state index contributed by atoms with van der Waals surface area (Å²) < 4.78 is 4.92. The SMILES string of the molecule is CCC(CC)N(CCC(NC(C)C)C(=O)OC)CC(C)C. The summed E-state index contributed by atoms with van der Waals surface area (Å²) in [5.74, 6) is 0.484.